The van der Waals surface area contributed by atoms with Crippen LogP contribution in [0.2, 0.25) is 0 Å². The molecule has 0 spiro atoms. The molecule has 6 rings (SSSR count). The van der Waals surface area contributed by atoms with Crippen LogP contribution in [-0.2, 0) is 39.8 Å². The lowest BCUT2D eigenvalue weighted by molar-refractivity contribution is -0.138. The Labute approximate surface area is 345 Å². The molecule has 4 aromatic rings. The third-order valence-electron chi connectivity index (χ3n) is 9.35. The molecule has 3 amide bonds. The molecular formula is C39H46F6N8O8. The van der Waals surface area contributed by atoms with Gasteiger partial charge in [-0.2, -0.15) is 26.3 Å². The maximum absolute atomic E-state index is 12.8. The zero-order valence-electron chi connectivity index (χ0n) is 33.7. The predicted molar refractivity (Wildman–Crippen MR) is 204 cm³/mol. The van der Waals surface area contributed by atoms with E-state index in [2.05, 4.69) is 26.1 Å². The molecule has 61 heavy (non-hydrogen) atoms. The molecule has 4 heterocycles. The normalized spacial score (nSPS) is 19.2. The largest absolute Gasteiger partial charge is 0.480 e. The average molecular weight is 869 g/mol. The fourth-order valence-electron chi connectivity index (χ4n) is 6.35. The highest BCUT2D eigenvalue weighted by Crippen LogP contribution is 2.31. The minimum absolute atomic E-state index is 0.0165. The lowest BCUT2D eigenvalue weighted by Gasteiger charge is -2.27. The van der Waals surface area contributed by atoms with Gasteiger partial charge in [-0.3, -0.25) is 14.5 Å². The van der Waals surface area contributed by atoms with Crippen LogP contribution in [0.3, 0.4) is 0 Å². The van der Waals surface area contributed by atoms with Crippen molar-refractivity contribution in [2.75, 3.05) is 27.3 Å². The summed E-state index contributed by atoms with van der Waals surface area (Å²) in [7, 11) is 2.79. The highest BCUT2D eigenvalue weighted by Gasteiger charge is 2.41. The van der Waals surface area contributed by atoms with Crippen LogP contribution in [0.1, 0.15) is 55.9 Å². The fraction of sp³-hybridized carbons (Fsp3) is 0.462. The summed E-state index contributed by atoms with van der Waals surface area (Å²) < 4.78 is 94.9. The van der Waals surface area contributed by atoms with Gasteiger partial charge in [-0.1, -0.05) is 0 Å². The molecule has 2 aliphatic heterocycles. The Morgan fingerprint density at radius 2 is 1.20 bits per heavy atom. The molecular weight excluding hydrogens is 822 g/mol. The Kier molecular flexibility index (Phi) is 14.2. The summed E-state index contributed by atoms with van der Waals surface area (Å²) in [6, 6.07) is 7.62. The van der Waals surface area contributed by atoms with Crippen molar-refractivity contribution in [3.8, 4) is 23.1 Å². The Hall–Kier alpha value is -5.87. The summed E-state index contributed by atoms with van der Waals surface area (Å²) in [6.07, 6.45) is -7.44. The zero-order chi connectivity index (χ0) is 44.9. The number of carbonyl (C=O) groups excluding carboxylic acids is 3. The number of β-amino-alcohol motifs (C(OH)–C–C–N with tert-alkyl or cyclic N) is 2. The number of hydrogen-bond acceptors (Lipinski definition) is 11. The summed E-state index contributed by atoms with van der Waals surface area (Å²) >= 11 is 0. The molecule has 16 nitrogen and oxygen atoms in total. The molecule has 22 heteroatoms. The van der Waals surface area contributed by atoms with E-state index in [-0.39, 0.29) is 43.7 Å². The molecule has 0 bridgehead atoms. The van der Waals surface area contributed by atoms with E-state index in [4.69, 9.17) is 14.2 Å². The molecule has 2 aliphatic rings. The van der Waals surface area contributed by atoms with Gasteiger partial charge in [0.15, 0.2) is 0 Å². The van der Waals surface area contributed by atoms with Gasteiger partial charge in [0, 0.05) is 38.4 Å². The average Bonchev–Trinajstić information content (AvgIpc) is 4.01. The number of rotatable bonds is 10. The van der Waals surface area contributed by atoms with Gasteiger partial charge >= 0.3 is 18.4 Å². The van der Waals surface area contributed by atoms with Crippen molar-refractivity contribution < 1.29 is 65.1 Å². The van der Waals surface area contributed by atoms with Crippen molar-refractivity contribution in [3.05, 3.63) is 83.2 Å². The lowest BCUT2D eigenvalue weighted by atomic mass is 10.2. The molecule has 2 aromatic heterocycles. The van der Waals surface area contributed by atoms with Crippen molar-refractivity contribution in [2.45, 2.75) is 88.9 Å². The smallest absolute Gasteiger partial charge is 0.416 e. The summed E-state index contributed by atoms with van der Waals surface area (Å²) in [5, 5.41) is 36.2. The molecule has 2 fully saturated rings. The minimum Gasteiger partial charge on any atom is -0.480 e. The van der Waals surface area contributed by atoms with Gasteiger partial charge in [-0.25, -0.2) is 14.2 Å². The second-order valence-electron chi connectivity index (χ2n) is 15.1. The molecule has 0 saturated carbocycles. The van der Waals surface area contributed by atoms with Crippen molar-refractivity contribution in [2.24, 2.45) is 0 Å². The molecule has 2 saturated heterocycles. The van der Waals surface area contributed by atoms with Crippen molar-refractivity contribution in [1.29, 1.82) is 0 Å². The van der Waals surface area contributed by atoms with Gasteiger partial charge in [0.2, 0.25) is 23.6 Å². The summed E-state index contributed by atoms with van der Waals surface area (Å²) in [6.45, 7) is 5.57. The van der Waals surface area contributed by atoms with Gasteiger partial charge in [-0.05, 0) is 75.7 Å². The highest BCUT2D eigenvalue weighted by atomic mass is 19.4. The number of nitrogens with zero attached hydrogens (tertiary/aromatic N) is 5. The molecule has 4 atom stereocenters. The summed E-state index contributed by atoms with van der Waals surface area (Å²) in [5.74, 6) is -0.312. The van der Waals surface area contributed by atoms with Crippen LogP contribution in [0.5, 0.6) is 11.8 Å². The van der Waals surface area contributed by atoms with Gasteiger partial charge in [0.05, 0.1) is 72.6 Å². The van der Waals surface area contributed by atoms with Crippen LogP contribution in [0, 0.1) is 0 Å². The number of nitrogens with one attached hydrogen (secondary N) is 3. The van der Waals surface area contributed by atoms with Crippen molar-refractivity contribution in [1.82, 2.24) is 40.4 Å². The number of carbonyl (C=O) groups is 3. The van der Waals surface area contributed by atoms with E-state index in [1.807, 2.05) is 0 Å². The Morgan fingerprint density at radius 3 is 1.59 bits per heavy atom. The third-order valence-corrected chi connectivity index (χ3v) is 9.35. The Balaban J connectivity index is 0.000000237. The topological polar surface area (TPSA) is 194 Å². The fourth-order valence-corrected chi connectivity index (χ4v) is 6.35. The standard InChI is InChI=1S/C22H27F3N4O5.C17H19F3N4O3/c1-21(2,3)34-20(32)28-12-16(30)9-17(28)18(31)26-10-13-11-29(27-19(13)33-4)15-7-5-14(6-8-15)22(23,24)25;1-27-16-10(7-22-15(26)14-6-13(25)8-21-14)9-24(23-16)12-4-2-11(3-5-12)17(18,19)20/h5-8,11,16-17,30H,9-10,12H2,1-4H3,(H,26,31);2-5,9,13-14,21,25H,6-8H2,1H3,(H,22,26)/t16-,17-;13-,14-/m00/s1. The molecule has 2 aromatic carbocycles. The van der Waals surface area contributed by atoms with Gasteiger partial charge in [0.1, 0.15) is 11.6 Å². The number of likely N-dealkylation sites (tertiary alicyclic amines) is 1. The van der Waals surface area contributed by atoms with Crippen LogP contribution >= 0.6 is 0 Å². The zero-order valence-corrected chi connectivity index (χ0v) is 33.7. The number of amides is 3. The van der Waals surface area contributed by atoms with Crippen LogP contribution in [0.15, 0.2) is 60.9 Å². The number of aliphatic hydroxyl groups is 2. The second-order valence-corrected chi connectivity index (χ2v) is 15.1. The first-order valence-electron chi connectivity index (χ1n) is 18.8. The Morgan fingerprint density at radius 1 is 0.738 bits per heavy atom. The lowest BCUT2D eigenvalue weighted by Crippen LogP contribution is -2.47. The number of aromatic nitrogens is 4. The van der Waals surface area contributed by atoms with Crippen LogP contribution in [0.4, 0.5) is 31.1 Å². The van der Waals surface area contributed by atoms with Gasteiger partial charge < -0.3 is 40.4 Å². The van der Waals surface area contributed by atoms with E-state index in [1.54, 1.807) is 27.0 Å². The third kappa shape index (κ3) is 12.1. The predicted octanol–water partition coefficient (Wildman–Crippen LogP) is 4.12. The van der Waals surface area contributed by atoms with Gasteiger partial charge in [-0.15, -0.1) is 10.2 Å². The first-order valence-corrected chi connectivity index (χ1v) is 18.8. The number of ether oxygens (including phenoxy) is 3. The molecule has 0 unspecified atom stereocenters. The van der Waals surface area contributed by atoms with Gasteiger partial charge in [0.25, 0.3) is 0 Å². The number of benzene rings is 2. The first kappa shape index (κ1) is 46.2. The van der Waals surface area contributed by atoms with E-state index in [0.29, 0.717) is 35.5 Å². The molecule has 0 aliphatic carbocycles. The number of aliphatic hydroxyl groups excluding tert-OH is 2. The van der Waals surface area contributed by atoms with E-state index in [0.717, 1.165) is 24.3 Å². The highest BCUT2D eigenvalue weighted by molar-refractivity contribution is 5.86. The molecule has 332 valence electrons. The maximum Gasteiger partial charge on any atom is 0.416 e. The van der Waals surface area contributed by atoms with E-state index in [9.17, 15) is 50.9 Å². The Bertz CT molecular complexity index is 2130. The van der Waals surface area contributed by atoms with Crippen LogP contribution < -0.4 is 25.4 Å². The van der Waals surface area contributed by atoms with Crippen LogP contribution in [-0.4, -0.2) is 110 Å². The number of methoxy groups -OCH3 is 2. The van der Waals surface area contributed by atoms with Crippen molar-refractivity contribution in [3.63, 3.8) is 0 Å². The van der Waals surface area contributed by atoms with Crippen molar-refractivity contribution >= 4 is 17.9 Å². The first-order chi connectivity index (χ1) is 28.6. The number of hydrogen-bond donors (Lipinski definition) is 5. The van der Waals surface area contributed by atoms with E-state index in [1.165, 1.54) is 58.9 Å². The summed E-state index contributed by atoms with van der Waals surface area (Å²) in [5.41, 5.74) is -0.438. The quantitative estimate of drug-likeness (QED) is 0.144. The molecule has 5 N–H and O–H groups in total. The number of alkyl halides is 6. The van der Waals surface area contributed by atoms with E-state index < -0.39 is 65.4 Å². The summed E-state index contributed by atoms with van der Waals surface area (Å²) in [4.78, 5) is 38.6. The second kappa shape index (κ2) is 18.8. The van der Waals surface area contributed by atoms with Crippen LogP contribution in [0.25, 0.3) is 11.4 Å². The van der Waals surface area contributed by atoms with E-state index >= 15 is 0 Å². The molecule has 0 radical (unpaired) electrons. The number of halogens is 6. The minimum atomic E-state index is -4.45. The monoisotopic (exact) mass is 868 g/mol. The maximum atomic E-state index is 12.8. The SMILES string of the molecule is COc1nn(-c2ccc(C(F)(F)F)cc2)cc1CNC(=O)[C@@H]1C[C@H](O)CN1.COc1nn(-c2ccc(C(F)(F)F)cc2)cc1CNC(=O)[C@@H]1C[C@H](O)CN1C(=O)OC(C)(C)C.